The normalized spacial score (nSPS) is 15.9. The van der Waals surface area contributed by atoms with Gasteiger partial charge in [-0.15, -0.1) is 0 Å². The van der Waals surface area contributed by atoms with Gasteiger partial charge < -0.3 is 15.0 Å². The molecule has 1 fully saturated rings. The summed E-state index contributed by atoms with van der Waals surface area (Å²) in [6.07, 6.45) is 4.59. The molecule has 1 aromatic rings. The molecule has 0 spiro atoms. The Bertz CT molecular complexity index is 371. The number of nitrogens with zero attached hydrogens (tertiary/aromatic N) is 3. The minimum absolute atomic E-state index is 0.00260. The van der Waals surface area contributed by atoms with Crippen molar-refractivity contribution in [2.24, 2.45) is 7.05 Å². The van der Waals surface area contributed by atoms with Gasteiger partial charge in [0.05, 0.1) is 19.4 Å². The lowest BCUT2D eigenvalue weighted by Crippen LogP contribution is -2.46. The fourth-order valence-corrected chi connectivity index (χ4v) is 1.79. The lowest BCUT2D eigenvalue weighted by molar-refractivity contribution is 0.0533. The van der Waals surface area contributed by atoms with Gasteiger partial charge >= 0.3 is 6.03 Å². The van der Waals surface area contributed by atoms with E-state index in [1.165, 1.54) is 0 Å². The van der Waals surface area contributed by atoms with Crippen molar-refractivity contribution < 1.29 is 9.53 Å². The standard InChI is InChI=1S/C11H18N4O2/c1-14-9-10(8-13-14)2-3-12-11(16)15-4-6-17-7-5-15/h8-9H,2-7H2,1H3,(H,12,16). The van der Waals surface area contributed by atoms with Crippen molar-refractivity contribution in [1.82, 2.24) is 20.0 Å². The average Bonchev–Trinajstić information content (AvgIpc) is 2.76. The zero-order valence-electron chi connectivity index (χ0n) is 10.1. The molecule has 1 saturated heterocycles. The first-order valence-electron chi connectivity index (χ1n) is 5.84. The van der Waals surface area contributed by atoms with E-state index in [4.69, 9.17) is 4.74 Å². The first kappa shape index (κ1) is 11.9. The van der Waals surface area contributed by atoms with Gasteiger partial charge in [0.1, 0.15) is 0 Å². The number of amides is 2. The van der Waals surface area contributed by atoms with E-state index in [1.54, 1.807) is 9.58 Å². The first-order chi connectivity index (χ1) is 8.25. The second-order valence-corrected chi connectivity index (χ2v) is 4.10. The Labute approximate surface area is 101 Å². The minimum atomic E-state index is -0.00260. The number of ether oxygens (including phenoxy) is 1. The lowest BCUT2D eigenvalue weighted by atomic mass is 10.2. The Balaban J connectivity index is 1.69. The first-order valence-corrected chi connectivity index (χ1v) is 5.84. The van der Waals surface area contributed by atoms with Crippen LogP contribution in [0.5, 0.6) is 0 Å². The number of urea groups is 1. The van der Waals surface area contributed by atoms with Crippen LogP contribution in [0, 0.1) is 0 Å². The topological polar surface area (TPSA) is 59.4 Å². The molecule has 0 atom stereocenters. The molecule has 1 aliphatic heterocycles. The molecule has 94 valence electrons. The van der Waals surface area contributed by atoms with Crippen molar-refractivity contribution in [3.8, 4) is 0 Å². The highest BCUT2D eigenvalue weighted by Gasteiger charge is 2.15. The molecule has 2 heterocycles. The molecule has 0 aliphatic carbocycles. The number of hydrogen-bond acceptors (Lipinski definition) is 3. The molecule has 1 aliphatic rings. The molecule has 0 unspecified atom stereocenters. The van der Waals surface area contributed by atoms with Gasteiger partial charge in [0.2, 0.25) is 0 Å². The van der Waals surface area contributed by atoms with Crippen molar-refractivity contribution in [2.75, 3.05) is 32.8 Å². The summed E-state index contributed by atoms with van der Waals surface area (Å²) in [7, 11) is 1.88. The molecule has 6 heteroatoms. The molecule has 0 radical (unpaired) electrons. The summed E-state index contributed by atoms with van der Waals surface area (Å²) in [5.74, 6) is 0. The number of rotatable bonds is 3. The molecular weight excluding hydrogens is 220 g/mol. The Kier molecular flexibility index (Phi) is 3.98. The van der Waals surface area contributed by atoms with E-state index >= 15 is 0 Å². The van der Waals surface area contributed by atoms with E-state index in [9.17, 15) is 4.79 Å². The third-order valence-electron chi connectivity index (χ3n) is 2.75. The van der Waals surface area contributed by atoms with Crippen LogP contribution in [0.2, 0.25) is 0 Å². The predicted molar refractivity (Wildman–Crippen MR) is 62.7 cm³/mol. The largest absolute Gasteiger partial charge is 0.378 e. The van der Waals surface area contributed by atoms with Crippen LogP contribution in [-0.2, 0) is 18.2 Å². The van der Waals surface area contributed by atoms with Crippen LogP contribution in [0.3, 0.4) is 0 Å². The monoisotopic (exact) mass is 238 g/mol. The Hall–Kier alpha value is -1.56. The van der Waals surface area contributed by atoms with Gasteiger partial charge in [0.15, 0.2) is 0 Å². The van der Waals surface area contributed by atoms with Gasteiger partial charge in [0, 0.05) is 32.9 Å². The summed E-state index contributed by atoms with van der Waals surface area (Å²) in [5.41, 5.74) is 1.13. The third-order valence-corrected chi connectivity index (χ3v) is 2.75. The Morgan fingerprint density at radius 3 is 2.94 bits per heavy atom. The summed E-state index contributed by atoms with van der Waals surface area (Å²) < 4.78 is 6.96. The second kappa shape index (κ2) is 5.67. The lowest BCUT2D eigenvalue weighted by Gasteiger charge is -2.26. The third kappa shape index (κ3) is 3.45. The fraction of sp³-hybridized carbons (Fsp3) is 0.636. The van der Waals surface area contributed by atoms with E-state index in [2.05, 4.69) is 10.4 Å². The zero-order valence-corrected chi connectivity index (χ0v) is 10.1. The van der Waals surface area contributed by atoms with Crippen LogP contribution in [0.25, 0.3) is 0 Å². The number of carbonyl (C=O) groups is 1. The molecule has 17 heavy (non-hydrogen) atoms. The van der Waals surface area contributed by atoms with E-state index in [0.717, 1.165) is 12.0 Å². The van der Waals surface area contributed by atoms with Gasteiger partial charge in [0.25, 0.3) is 0 Å². The van der Waals surface area contributed by atoms with Crippen molar-refractivity contribution in [1.29, 1.82) is 0 Å². The number of hydrogen-bond donors (Lipinski definition) is 1. The summed E-state index contributed by atoms with van der Waals surface area (Å²) in [6.45, 7) is 3.27. The zero-order chi connectivity index (χ0) is 12.1. The Morgan fingerprint density at radius 1 is 1.53 bits per heavy atom. The van der Waals surface area contributed by atoms with E-state index in [-0.39, 0.29) is 6.03 Å². The van der Waals surface area contributed by atoms with Crippen LogP contribution in [0.4, 0.5) is 4.79 Å². The van der Waals surface area contributed by atoms with Crippen molar-refractivity contribution in [3.05, 3.63) is 18.0 Å². The second-order valence-electron chi connectivity index (χ2n) is 4.10. The minimum Gasteiger partial charge on any atom is -0.378 e. The molecule has 6 nitrogen and oxygen atoms in total. The van der Waals surface area contributed by atoms with Gasteiger partial charge in [-0.25, -0.2) is 4.79 Å². The quantitative estimate of drug-likeness (QED) is 0.806. The SMILES string of the molecule is Cn1cc(CCNC(=O)N2CCOCC2)cn1. The highest BCUT2D eigenvalue weighted by atomic mass is 16.5. The number of aromatic nitrogens is 2. The molecule has 0 bridgehead atoms. The van der Waals surface area contributed by atoms with Crippen molar-refractivity contribution in [3.63, 3.8) is 0 Å². The molecule has 0 aromatic carbocycles. The van der Waals surface area contributed by atoms with Crippen LogP contribution in [-0.4, -0.2) is 53.6 Å². The number of aryl methyl sites for hydroxylation is 1. The molecule has 1 aromatic heterocycles. The predicted octanol–water partition coefficient (Wildman–Crippen LogP) is 0.00440. The van der Waals surface area contributed by atoms with Gasteiger partial charge in [-0.1, -0.05) is 0 Å². The highest BCUT2D eigenvalue weighted by Crippen LogP contribution is 1.99. The summed E-state index contributed by atoms with van der Waals surface area (Å²) in [6, 6.07) is -0.00260. The number of carbonyl (C=O) groups excluding carboxylic acids is 1. The smallest absolute Gasteiger partial charge is 0.317 e. The molecule has 0 saturated carbocycles. The maximum Gasteiger partial charge on any atom is 0.317 e. The Morgan fingerprint density at radius 2 is 2.29 bits per heavy atom. The maximum absolute atomic E-state index is 11.7. The van der Waals surface area contributed by atoms with Crippen molar-refractivity contribution in [2.45, 2.75) is 6.42 Å². The molecule has 1 N–H and O–H groups in total. The van der Waals surface area contributed by atoms with Gasteiger partial charge in [-0.3, -0.25) is 4.68 Å². The van der Waals surface area contributed by atoms with Gasteiger partial charge in [-0.05, 0) is 12.0 Å². The van der Waals surface area contributed by atoms with Crippen LogP contribution >= 0.6 is 0 Å². The van der Waals surface area contributed by atoms with E-state index in [1.807, 2.05) is 19.4 Å². The maximum atomic E-state index is 11.7. The summed E-state index contributed by atoms with van der Waals surface area (Å²) in [4.78, 5) is 13.5. The van der Waals surface area contributed by atoms with Crippen LogP contribution < -0.4 is 5.32 Å². The number of morpholine rings is 1. The van der Waals surface area contributed by atoms with Crippen molar-refractivity contribution >= 4 is 6.03 Å². The summed E-state index contributed by atoms with van der Waals surface area (Å²) >= 11 is 0. The van der Waals surface area contributed by atoms with Crippen LogP contribution in [0.15, 0.2) is 12.4 Å². The van der Waals surface area contributed by atoms with E-state index < -0.39 is 0 Å². The summed E-state index contributed by atoms with van der Waals surface area (Å²) in [5, 5.41) is 6.99. The van der Waals surface area contributed by atoms with Crippen LogP contribution in [0.1, 0.15) is 5.56 Å². The van der Waals surface area contributed by atoms with Gasteiger partial charge in [-0.2, -0.15) is 5.10 Å². The number of nitrogens with one attached hydrogen (secondary N) is 1. The molecular formula is C11H18N4O2. The van der Waals surface area contributed by atoms with E-state index in [0.29, 0.717) is 32.8 Å². The molecule has 2 rings (SSSR count). The molecule has 2 amide bonds. The highest BCUT2D eigenvalue weighted by molar-refractivity contribution is 5.74. The fourth-order valence-electron chi connectivity index (χ4n) is 1.79. The average molecular weight is 238 g/mol.